The van der Waals surface area contributed by atoms with Crippen molar-refractivity contribution >= 4 is 5.78 Å². The Hall–Kier alpha value is -0.0800. The summed E-state index contributed by atoms with van der Waals surface area (Å²) in [5.41, 5.74) is -0.997. The van der Waals surface area contributed by atoms with Gasteiger partial charge < -0.3 is 27.7 Å². The number of hydrogen-bond donors (Lipinski definition) is 1. The molecule has 4 aliphatic rings. The monoisotopic (exact) mass is 426 g/mol. The van der Waals surface area contributed by atoms with Gasteiger partial charge in [0.2, 0.25) is 0 Å². The van der Waals surface area contributed by atoms with Gasteiger partial charge in [-0.25, -0.2) is 0 Å². The van der Waals surface area contributed by atoms with Crippen molar-refractivity contribution in [1.29, 1.82) is 0 Å². The fourth-order valence-corrected chi connectivity index (χ4v) is 8.40. The number of alkyl halides is 1. The van der Waals surface area contributed by atoms with Crippen molar-refractivity contribution in [2.75, 3.05) is 0 Å². The number of rotatable bonds is 0. The van der Waals surface area contributed by atoms with Crippen LogP contribution in [0.5, 0.6) is 0 Å². The van der Waals surface area contributed by atoms with Gasteiger partial charge in [-0.2, -0.15) is 0 Å². The van der Waals surface area contributed by atoms with Crippen LogP contribution in [-0.2, 0) is 4.79 Å². The SMILES string of the molecule is C#CC1(O)CCC2C3CCC4([I-])CC(=O)CCC4C3CCC21C. The van der Waals surface area contributed by atoms with Gasteiger partial charge >= 0.3 is 0 Å². The van der Waals surface area contributed by atoms with Crippen molar-refractivity contribution in [2.24, 2.45) is 29.1 Å². The second-order valence-electron chi connectivity index (χ2n) is 8.87. The summed E-state index contributed by atoms with van der Waals surface area (Å²) in [6.45, 7) is 2.25. The molecule has 4 saturated carbocycles. The van der Waals surface area contributed by atoms with E-state index >= 15 is 0 Å². The molecule has 0 aromatic heterocycles. The summed E-state index contributed by atoms with van der Waals surface area (Å²) >= 11 is 2.63. The molecule has 4 aliphatic carbocycles. The maximum absolute atomic E-state index is 12.0. The van der Waals surface area contributed by atoms with Crippen LogP contribution in [0, 0.1) is 41.4 Å². The zero-order valence-corrected chi connectivity index (χ0v) is 16.1. The Kier molecular flexibility index (Phi) is 3.71. The molecule has 0 heterocycles. The summed E-state index contributed by atoms with van der Waals surface area (Å²) < 4.78 is 0.211. The van der Waals surface area contributed by atoms with Crippen LogP contribution in [0.3, 0.4) is 0 Å². The van der Waals surface area contributed by atoms with E-state index in [1.165, 1.54) is 19.3 Å². The molecule has 4 rings (SSSR count). The summed E-state index contributed by atoms with van der Waals surface area (Å²) in [6.07, 6.45) is 14.9. The highest BCUT2D eigenvalue weighted by molar-refractivity contribution is 5.80. The standard InChI is InChI=1S/C20H27IO2/c1-3-20(23)11-8-16-14-7-10-19(21)12-13(22)4-5-17(19)15(14)6-9-18(16,20)2/h1,14-17,23H,4-12H2,2H3/q-1. The number of carbonyl (C=O) groups excluding carboxylic acids is 1. The van der Waals surface area contributed by atoms with Crippen molar-refractivity contribution in [3.63, 3.8) is 0 Å². The fraction of sp³-hybridized carbons (Fsp3) is 0.850. The minimum atomic E-state index is -0.899. The fourth-order valence-electron chi connectivity index (χ4n) is 6.89. The van der Waals surface area contributed by atoms with E-state index in [0.717, 1.165) is 44.4 Å². The quantitative estimate of drug-likeness (QED) is 0.343. The summed E-state index contributed by atoms with van der Waals surface area (Å²) in [7, 11) is 0. The van der Waals surface area contributed by atoms with Gasteiger partial charge in [-0.05, 0) is 56.3 Å². The van der Waals surface area contributed by atoms with Crippen LogP contribution in [-0.4, -0.2) is 19.9 Å². The third-order valence-electron chi connectivity index (χ3n) is 8.18. The van der Waals surface area contributed by atoms with E-state index in [9.17, 15) is 9.90 Å². The van der Waals surface area contributed by atoms with E-state index in [-0.39, 0.29) is 8.84 Å². The molecule has 0 saturated heterocycles. The number of carbonyl (C=O) groups is 1. The van der Waals surface area contributed by atoms with Gasteiger partial charge in [0.25, 0.3) is 0 Å². The van der Waals surface area contributed by atoms with Gasteiger partial charge in [-0.15, -0.1) is 9.85 Å². The number of Topliss-reactive ketones (excluding diaryl/α,β-unsaturated/α-hetero) is 1. The minimum absolute atomic E-state index is 0.0985. The molecule has 0 aliphatic heterocycles. The van der Waals surface area contributed by atoms with Crippen LogP contribution in [0.4, 0.5) is 0 Å². The van der Waals surface area contributed by atoms with E-state index in [1.807, 2.05) is 0 Å². The van der Waals surface area contributed by atoms with Crippen LogP contribution in [0.1, 0.15) is 64.7 Å². The molecule has 0 amide bonds. The molecular formula is C20H27IO2-. The van der Waals surface area contributed by atoms with Gasteiger partial charge in [0.15, 0.2) is 0 Å². The van der Waals surface area contributed by atoms with E-state index < -0.39 is 5.60 Å². The predicted molar refractivity (Wildman–Crippen MR) is 85.1 cm³/mol. The average Bonchev–Trinajstić information content (AvgIpc) is 2.78. The maximum Gasteiger partial charge on any atom is 0.131 e. The first-order chi connectivity index (χ1) is 10.8. The molecule has 4 fully saturated rings. The van der Waals surface area contributed by atoms with Crippen LogP contribution in [0.15, 0.2) is 0 Å². The third-order valence-corrected chi connectivity index (χ3v) is 9.90. The van der Waals surface area contributed by atoms with Gasteiger partial charge in [-0.1, -0.05) is 31.6 Å². The van der Waals surface area contributed by atoms with Gasteiger partial charge in [0.05, 0.1) is 0 Å². The lowest BCUT2D eigenvalue weighted by atomic mass is 9.49. The summed E-state index contributed by atoms with van der Waals surface area (Å²) in [5.74, 6) is 5.94. The molecular weight excluding hydrogens is 399 g/mol. The molecule has 2 nitrogen and oxygen atoms in total. The van der Waals surface area contributed by atoms with E-state index in [0.29, 0.717) is 23.5 Å². The number of halogens is 1. The highest BCUT2D eigenvalue weighted by Gasteiger charge is 2.62. The van der Waals surface area contributed by atoms with E-state index in [4.69, 9.17) is 6.42 Å². The number of aliphatic hydroxyl groups is 1. The van der Waals surface area contributed by atoms with Crippen molar-refractivity contribution < 1.29 is 32.5 Å². The first-order valence-electron chi connectivity index (χ1n) is 9.24. The Morgan fingerprint density at radius 1 is 1.13 bits per heavy atom. The molecule has 3 heteroatoms. The minimum Gasteiger partial charge on any atom is -0.789 e. The molecule has 1 N–H and O–H groups in total. The molecule has 23 heavy (non-hydrogen) atoms. The second kappa shape index (κ2) is 5.21. The van der Waals surface area contributed by atoms with Crippen molar-refractivity contribution in [2.45, 2.75) is 73.7 Å². The van der Waals surface area contributed by atoms with Crippen molar-refractivity contribution in [3.8, 4) is 12.3 Å². The van der Waals surface area contributed by atoms with Crippen LogP contribution in [0.25, 0.3) is 0 Å². The van der Waals surface area contributed by atoms with Crippen LogP contribution >= 0.6 is 0 Å². The number of hydrogen-bond acceptors (Lipinski definition) is 2. The lowest BCUT2D eigenvalue weighted by Gasteiger charge is -2.63. The lowest BCUT2D eigenvalue weighted by Crippen LogP contribution is -3.44. The normalized spacial score (nSPS) is 55.5. The van der Waals surface area contributed by atoms with Crippen molar-refractivity contribution in [3.05, 3.63) is 0 Å². The van der Waals surface area contributed by atoms with E-state index in [2.05, 4.69) is 35.4 Å². The van der Waals surface area contributed by atoms with E-state index in [1.54, 1.807) is 0 Å². The van der Waals surface area contributed by atoms with Crippen LogP contribution in [0.2, 0.25) is 0 Å². The number of terminal acetylenes is 1. The zero-order chi connectivity index (χ0) is 16.5. The Morgan fingerprint density at radius 3 is 2.57 bits per heavy atom. The lowest BCUT2D eigenvalue weighted by molar-refractivity contribution is -0.506. The molecule has 0 spiro atoms. The third kappa shape index (κ3) is 2.13. The highest BCUT2D eigenvalue weighted by atomic mass is 127. The highest BCUT2D eigenvalue weighted by Crippen LogP contribution is 2.64. The predicted octanol–water partition coefficient (Wildman–Crippen LogP) is 0.248. The van der Waals surface area contributed by atoms with Crippen LogP contribution < -0.4 is 22.6 Å². The molecule has 0 aromatic rings. The van der Waals surface area contributed by atoms with Gasteiger partial charge in [0.1, 0.15) is 11.4 Å². The van der Waals surface area contributed by atoms with Gasteiger partial charge in [0, 0.05) is 11.8 Å². The summed E-state index contributed by atoms with van der Waals surface area (Å²) in [4.78, 5) is 12.0. The van der Waals surface area contributed by atoms with Crippen molar-refractivity contribution in [1.82, 2.24) is 0 Å². The number of fused-ring (bicyclic) bond motifs is 5. The zero-order valence-electron chi connectivity index (χ0n) is 14.0. The molecule has 7 unspecified atom stereocenters. The molecule has 127 valence electrons. The summed E-state index contributed by atoms with van der Waals surface area (Å²) in [5, 5.41) is 11.0. The largest absolute Gasteiger partial charge is 0.789 e. The topological polar surface area (TPSA) is 37.3 Å². The molecule has 7 atom stereocenters. The molecule has 0 bridgehead atoms. The number of ketones is 1. The average molecular weight is 426 g/mol. The Bertz CT molecular complexity index is 581. The smallest absolute Gasteiger partial charge is 0.131 e. The first kappa shape index (κ1) is 16.4. The Balaban J connectivity index is 1.64. The maximum atomic E-state index is 12.0. The van der Waals surface area contributed by atoms with Gasteiger partial charge in [-0.3, -0.25) is 4.79 Å². The second-order valence-corrected chi connectivity index (χ2v) is 11.0. The Labute approximate surface area is 153 Å². The first-order valence-corrected chi connectivity index (χ1v) is 10.3. The Morgan fingerprint density at radius 2 is 1.83 bits per heavy atom. The molecule has 1 radical (unpaired) electrons. The summed E-state index contributed by atoms with van der Waals surface area (Å²) in [6, 6.07) is 0. The molecule has 0 aromatic carbocycles.